The summed E-state index contributed by atoms with van der Waals surface area (Å²) >= 11 is 1.02. The van der Waals surface area contributed by atoms with Crippen LogP contribution in [0.1, 0.15) is 45.0 Å². The second-order valence-corrected chi connectivity index (χ2v) is 10.5. The Morgan fingerprint density at radius 1 is 0.976 bits per heavy atom. The first-order chi connectivity index (χ1) is 20.2. The summed E-state index contributed by atoms with van der Waals surface area (Å²) in [5.74, 6) is -0.916. The van der Waals surface area contributed by atoms with E-state index in [4.69, 9.17) is 14.2 Å². The van der Waals surface area contributed by atoms with Crippen LogP contribution in [0.4, 0.5) is 5.13 Å². The number of ether oxygens (including phenoxy) is 3. The van der Waals surface area contributed by atoms with Gasteiger partial charge in [0.25, 0.3) is 5.78 Å². The number of methoxy groups -OCH3 is 2. The highest BCUT2D eigenvalue weighted by molar-refractivity contribution is 7.18. The number of aliphatic hydroxyl groups is 1. The summed E-state index contributed by atoms with van der Waals surface area (Å²) in [5, 5.41) is 11.6. The number of ketones is 2. The molecule has 3 aromatic carbocycles. The average Bonchev–Trinajstić information content (AvgIpc) is 3.52. The van der Waals surface area contributed by atoms with Crippen LogP contribution in [0.15, 0.2) is 78.4 Å². The predicted octanol–water partition coefficient (Wildman–Crippen LogP) is 5.88. The van der Waals surface area contributed by atoms with Gasteiger partial charge in [0.15, 0.2) is 22.4 Å². The van der Waals surface area contributed by atoms with Crippen molar-refractivity contribution in [3.63, 3.8) is 0 Å². The maximum absolute atomic E-state index is 13.5. The molecule has 0 saturated carbocycles. The van der Waals surface area contributed by atoms with Crippen molar-refractivity contribution < 1.29 is 33.7 Å². The molecule has 2 heterocycles. The summed E-state index contributed by atoms with van der Waals surface area (Å²) < 4.78 is 16.8. The molecule has 1 atom stereocenters. The predicted molar refractivity (Wildman–Crippen MR) is 158 cm³/mol. The van der Waals surface area contributed by atoms with Crippen LogP contribution in [0, 0.1) is 6.92 Å². The van der Waals surface area contributed by atoms with E-state index >= 15 is 0 Å². The molecule has 1 amide bonds. The van der Waals surface area contributed by atoms with Crippen LogP contribution in [0.2, 0.25) is 0 Å². The van der Waals surface area contributed by atoms with Gasteiger partial charge in [-0.05, 0) is 54.4 Å². The quantitative estimate of drug-likeness (QED) is 0.112. The number of hydrogen-bond donors (Lipinski definition) is 1. The van der Waals surface area contributed by atoms with E-state index in [1.54, 1.807) is 49.4 Å². The number of aliphatic hydroxyl groups excluding tert-OH is 1. The lowest BCUT2D eigenvalue weighted by molar-refractivity contribution is -0.132. The highest BCUT2D eigenvalue weighted by atomic mass is 32.1. The molecular weight excluding hydrogens is 556 g/mol. The molecule has 1 aromatic heterocycles. The van der Waals surface area contributed by atoms with Crippen LogP contribution in [-0.4, -0.2) is 41.8 Å². The van der Waals surface area contributed by atoms with Crippen molar-refractivity contribution in [2.75, 3.05) is 19.1 Å². The summed E-state index contributed by atoms with van der Waals surface area (Å²) in [6.07, 6.45) is 0. The topological polar surface area (TPSA) is 115 Å². The smallest absolute Gasteiger partial charge is 0.301 e. The molecule has 0 radical (unpaired) electrons. The van der Waals surface area contributed by atoms with Gasteiger partial charge in [-0.1, -0.05) is 47.7 Å². The Balaban J connectivity index is 1.63. The van der Waals surface area contributed by atoms with E-state index in [1.165, 1.54) is 26.0 Å². The number of Topliss-reactive ketones (excluding diaryl/α,β-unsaturated/α-hetero) is 2. The second-order valence-electron chi connectivity index (χ2n) is 9.55. The highest BCUT2D eigenvalue weighted by Crippen LogP contribution is 2.45. The average molecular weight is 585 g/mol. The molecule has 0 aliphatic carbocycles. The first-order valence-corrected chi connectivity index (χ1v) is 13.8. The Kier molecular flexibility index (Phi) is 8.08. The number of rotatable bonds is 9. The molecule has 1 saturated heterocycles. The Morgan fingerprint density at radius 3 is 2.31 bits per heavy atom. The van der Waals surface area contributed by atoms with Crippen molar-refractivity contribution in [3.8, 4) is 17.2 Å². The number of hydrogen-bond acceptors (Lipinski definition) is 9. The summed E-state index contributed by atoms with van der Waals surface area (Å²) in [4.78, 5) is 45.3. The fraction of sp³-hybridized carbons (Fsp3) is 0.188. The van der Waals surface area contributed by atoms with Gasteiger partial charge in [0.2, 0.25) is 0 Å². The molecule has 5 rings (SSSR count). The molecule has 1 N–H and O–H groups in total. The summed E-state index contributed by atoms with van der Waals surface area (Å²) in [5.41, 5.74) is 2.10. The van der Waals surface area contributed by atoms with Crippen molar-refractivity contribution in [2.24, 2.45) is 0 Å². The van der Waals surface area contributed by atoms with E-state index in [0.717, 1.165) is 16.9 Å². The number of aromatic nitrogens is 1. The molecule has 0 spiro atoms. The monoisotopic (exact) mass is 584 g/mol. The van der Waals surface area contributed by atoms with E-state index in [-0.39, 0.29) is 22.2 Å². The maximum Gasteiger partial charge on any atom is 0.301 e. The van der Waals surface area contributed by atoms with Crippen molar-refractivity contribution in [1.29, 1.82) is 0 Å². The molecule has 1 aliphatic rings. The van der Waals surface area contributed by atoms with Crippen molar-refractivity contribution >= 4 is 39.7 Å². The minimum Gasteiger partial charge on any atom is -0.507 e. The van der Waals surface area contributed by atoms with E-state index in [2.05, 4.69) is 4.98 Å². The summed E-state index contributed by atoms with van der Waals surface area (Å²) in [7, 11) is 3.01. The molecule has 10 heteroatoms. The number of thiazole rings is 1. The normalized spacial score (nSPS) is 16.0. The van der Waals surface area contributed by atoms with Crippen LogP contribution in [0.5, 0.6) is 17.2 Å². The maximum atomic E-state index is 13.5. The highest BCUT2D eigenvalue weighted by Gasteiger charge is 2.48. The van der Waals surface area contributed by atoms with Gasteiger partial charge in [0.1, 0.15) is 18.1 Å². The molecular formula is C32H28N2O7S. The fourth-order valence-electron chi connectivity index (χ4n) is 4.77. The second kappa shape index (κ2) is 11.9. The lowest BCUT2D eigenvalue weighted by atomic mass is 9.95. The number of carbonyl (C=O) groups is 3. The van der Waals surface area contributed by atoms with Gasteiger partial charge >= 0.3 is 5.91 Å². The lowest BCUT2D eigenvalue weighted by Gasteiger charge is -2.24. The number of carbonyl (C=O) groups excluding carboxylic acids is 3. The van der Waals surface area contributed by atoms with Crippen molar-refractivity contribution in [2.45, 2.75) is 26.5 Å². The zero-order valence-corrected chi connectivity index (χ0v) is 24.2. The minimum absolute atomic E-state index is 0.123. The summed E-state index contributed by atoms with van der Waals surface area (Å²) in [6.45, 7) is 3.39. The van der Waals surface area contributed by atoms with Gasteiger partial charge in [-0.3, -0.25) is 19.3 Å². The van der Waals surface area contributed by atoms with Crippen molar-refractivity contribution in [1.82, 2.24) is 4.98 Å². The van der Waals surface area contributed by atoms with Crippen LogP contribution < -0.4 is 19.1 Å². The minimum atomic E-state index is -1.06. The molecule has 214 valence electrons. The third-order valence-electron chi connectivity index (χ3n) is 6.86. The van der Waals surface area contributed by atoms with E-state index in [9.17, 15) is 19.5 Å². The number of anilines is 1. The molecule has 9 nitrogen and oxygen atoms in total. The molecule has 0 unspecified atom stereocenters. The molecule has 1 aliphatic heterocycles. The van der Waals surface area contributed by atoms with Crippen LogP contribution >= 0.6 is 11.3 Å². The number of benzene rings is 3. The Hall–Kier alpha value is -4.96. The van der Waals surface area contributed by atoms with Crippen LogP contribution in [0.25, 0.3) is 5.76 Å². The van der Waals surface area contributed by atoms with Gasteiger partial charge < -0.3 is 19.3 Å². The fourth-order valence-corrected chi connectivity index (χ4v) is 5.76. The number of amides is 1. The first-order valence-electron chi connectivity index (χ1n) is 13.0. The van der Waals surface area contributed by atoms with Gasteiger partial charge in [-0.25, -0.2) is 4.98 Å². The number of aryl methyl sites for hydroxylation is 1. The number of nitrogens with zero attached hydrogens (tertiary/aromatic N) is 2. The molecule has 1 fully saturated rings. The summed E-state index contributed by atoms with van der Waals surface area (Å²) in [6, 6.07) is 20.1. The Labute approximate surface area is 246 Å². The molecule has 4 aromatic rings. The van der Waals surface area contributed by atoms with E-state index in [1.807, 2.05) is 30.3 Å². The molecule has 42 heavy (non-hydrogen) atoms. The van der Waals surface area contributed by atoms with Crippen molar-refractivity contribution in [3.05, 3.63) is 106 Å². The molecule has 0 bridgehead atoms. The first kappa shape index (κ1) is 28.6. The zero-order valence-electron chi connectivity index (χ0n) is 23.4. The van der Waals surface area contributed by atoms with Gasteiger partial charge in [-0.2, -0.15) is 0 Å². The zero-order chi connectivity index (χ0) is 30.0. The Morgan fingerprint density at radius 2 is 1.69 bits per heavy atom. The SMILES string of the molecule is COc1ccc(C(O)=C2C(=O)C(=O)N(c3nc(C)c(C(C)=O)s3)[C@H]2c2ccc(OCc3ccccc3)c(OC)c2)cc1. The van der Waals surface area contributed by atoms with E-state index in [0.29, 0.717) is 45.6 Å². The van der Waals surface area contributed by atoms with Gasteiger partial charge in [0.05, 0.1) is 36.4 Å². The van der Waals surface area contributed by atoms with Crippen LogP contribution in [0.3, 0.4) is 0 Å². The van der Waals surface area contributed by atoms with Gasteiger partial charge in [0, 0.05) is 12.5 Å². The Bertz CT molecular complexity index is 1690. The van der Waals surface area contributed by atoms with Crippen LogP contribution in [-0.2, 0) is 16.2 Å². The lowest BCUT2D eigenvalue weighted by Crippen LogP contribution is -2.29. The third kappa shape index (κ3) is 5.36. The third-order valence-corrected chi connectivity index (χ3v) is 8.12. The largest absolute Gasteiger partial charge is 0.507 e. The van der Waals surface area contributed by atoms with Gasteiger partial charge in [-0.15, -0.1) is 0 Å². The van der Waals surface area contributed by atoms with E-state index < -0.39 is 17.7 Å². The standard InChI is InChI=1S/C32H28N2O7S/c1-18-30(19(2)35)42-32(33-18)34-27(26(29(37)31(34)38)28(36)21-10-13-23(39-3)14-11-21)22-12-15-24(25(16-22)40-4)41-17-20-8-6-5-7-9-20/h5-16,27,36H,17H2,1-4H3/t27-/m0/s1.